The second-order valence-electron chi connectivity index (χ2n) is 8.51. The lowest BCUT2D eigenvalue weighted by molar-refractivity contribution is -0.133. The number of esters is 1. The Kier molecular flexibility index (Phi) is 2.35. The summed E-state index contributed by atoms with van der Waals surface area (Å²) in [6.45, 7) is 6.73. The van der Waals surface area contributed by atoms with Crippen molar-refractivity contribution in [3.05, 3.63) is 23.0 Å². The molecule has 5 rings (SSSR count). The topological polar surface area (TPSA) is 38.8 Å². The number of hydrogen-bond donors (Lipinski definition) is 0. The second kappa shape index (κ2) is 3.87. The molecule has 3 nitrogen and oxygen atoms in total. The van der Waals surface area contributed by atoms with Gasteiger partial charge in [-0.15, -0.1) is 0 Å². The summed E-state index contributed by atoms with van der Waals surface area (Å²) in [6, 6.07) is 0. The Hall–Kier alpha value is -1.09. The Labute approximate surface area is 131 Å². The Morgan fingerprint density at radius 1 is 1.27 bits per heavy atom. The first kappa shape index (κ1) is 13.4. The maximum Gasteiger partial charge on any atom is 0.339 e. The van der Waals surface area contributed by atoms with Gasteiger partial charge in [-0.25, -0.2) is 4.79 Å². The summed E-state index contributed by atoms with van der Waals surface area (Å²) in [5.74, 6) is 2.68. The number of carbonyl (C=O) groups excluding carboxylic acids is 1. The van der Waals surface area contributed by atoms with E-state index in [9.17, 15) is 4.79 Å². The van der Waals surface area contributed by atoms with Crippen LogP contribution in [0.25, 0.3) is 0 Å². The average Bonchev–Trinajstić information content (AvgIpc) is 3.13. The van der Waals surface area contributed by atoms with Crippen LogP contribution in [0.15, 0.2) is 23.0 Å². The van der Waals surface area contributed by atoms with Crippen molar-refractivity contribution in [2.75, 3.05) is 0 Å². The molecule has 2 aliphatic heterocycles. The van der Waals surface area contributed by atoms with Crippen LogP contribution >= 0.6 is 0 Å². The van der Waals surface area contributed by atoms with Crippen molar-refractivity contribution in [1.82, 2.24) is 0 Å². The molecule has 5 aliphatic rings. The van der Waals surface area contributed by atoms with E-state index in [4.69, 9.17) is 9.47 Å². The third-order valence-corrected chi connectivity index (χ3v) is 7.40. The number of ether oxygens (including phenoxy) is 2. The first-order chi connectivity index (χ1) is 10.5. The second-order valence-corrected chi connectivity index (χ2v) is 8.51. The minimum absolute atomic E-state index is 0.0279. The van der Waals surface area contributed by atoms with Gasteiger partial charge in [0.1, 0.15) is 17.5 Å². The van der Waals surface area contributed by atoms with Crippen molar-refractivity contribution in [3.8, 4) is 0 Å². The van der Waals surface area contributed by atoms with Gasteiger partial charge in [0.2, 0.25) is 0 Å². The summed E-state index contributed by atoms with van der Waals surface area (Å²) in [6.07, 6.45) is 8.73. The van der Waals surface area contributed by atoms with Crippen molar-refractivity contribution in [2.45, 2.75) is 64.6 Å². The van der Waals surface area contributed by atoms with Crippen LogP contribution in [0.3, 0.4) is 0 Å². The molecular weight excluding hydrogens is 276 g/mol. The molecule has 6 unspecified atom stereocenters. The molecule has 0 N–H and O–H groups in total. The molecule has 3 fully saturated rings. The van der Waals surface area contributed by atoms with Crippen LogP contribution in [0.2, 0.25) is 0 Å². The molecule has 0 bridgehead atoms. The molecule has 6 atom stereocenters. The molecule has 0 aromatic heterocycles. The highest BCUT2D eigenvalue weighted by molar-refractivity contribution is 5.94. The maximum atomic E-state index is 11.9. The summed E-state index contributed by atoms with van der Waals surface area (Å²) in [7, 11) is 0. The summed E-state index contributed by atoms with van der Waals surface area (Å²) in [4.78, 5) is 11.9. The van der Waals surface area contributed by atoms with E-state index in [1.807, 2.05) is 6.92 Å². The van der Waals surface area contributed by atoms with Gasteiger partial charge in [0.05, 0.1) is 0 Å². The molecule has 2 saturated carbocycles. The van der Waals surface area contributed by atoms with E-state index in [0.717, 1.165) is 35.2 Å². The first-order valence-electron chi connectivity index (χ1n) is 8.79. The van der Waals surface area contributed by atoms with Crippen molar-refractivity contribution in [1.29, 1.82) is 0 Å². The lowest BCUT2D eigenvalue weighted by atomic mass is 9.49. The molecule has 22 heavy (non-hydrogen) atoms. The fourth-order valence-corrected chi connectivity index (χ4v) is 5.98. The predicted molar refractivity (Wildman–Crippen MR) is 81.8 cm³/mol. The Bertz CT molecular complexity index is 645. The van der Waals surface area contributed by atoms with E-state index in [1.54, 1.807) is 0 Å². The summed E-state index contributed by atoms with van der Waals surface area (Å²) >= 11 is 0. The molecule has 0 radical (unpaired) electrons. The fraction of sp³-hybridized carbons (Fsp3) is 0.737. The number of rotatable bonds is 0. The molecule has 0 aromatic rings. The zero-order valence-electron chi connectivity index (χ0n) is 13.6. The highest BCUT2D eigenvalue weighted by atomic mass is 16.6. The molecule has 118 valence electrons. The average molecular weight is 300 g/mol. The van der Waals surface area contributed by atoms with E-state index in [-0.39, 0.29) is 17.7 Å². The zero-order valence-corrected chi connectivity index (χ0v) is 13.6. The molecular formula is C19H24O3. The molecule has 2 heterocycles. The van der Waals surface area contributed by atoms with E-state index < -0.39 is 0 Å². The largest absolute Gasteiger partial charge is 0.423 e. The quantitative estimate of drug-likeness (QED) is 0.505. The van der Waals surface area contributed by atoms with Gasteiger partial charge >= 0.3 is 5.97 Å². The number of fused-ring (bicyclic) bond motifs is 4. The third-order valence-electron chi connectivity index (χ3n) is 7.40. The zero-order chi connectivity index (χ0) is 15.3. The summed E-state index contributed by atoms with van der Waals surface area (Å²) < 4.78 is 11.8. The Morgan fingerprint density at radius 2 is 2.09 bits per heavy atom. The van der Waals surface area contributed by atoms with Gasteiger partial charge in [-0.3, -0.25) is 0 Å². The van der Waals surface area contributed by atoms with Crippen molar-refractivity contribution in [2.24, 2.45) is 23.2 Å². The Balaban J connectivity index is 1.61. The van der Waals surface area contributed by atoms with Crippen LogP contribution in [0.1, 0.15) is 52.9 Å². The summed E-state index contributed by atoms with van der Waals surface area (Å²) in [5, 5.41) is 0. The van der Waals surface area contributed by atoms with Gasteiger partial charge < -0.3 is 9.47 Å². The smallest absolute Gasteiger partial charge is 0.339 e. The monoisotopic (exact) mass is 300 g/mol. The molecule has 0 aromatic carbocycles. The van der Waals surface area contributed by atoms with Crippen molar-refractivity contribution < 1.29 is 14.3 Å². The maximum absolute atomic E-state index is 11.9. The SMILES string of the molecule is CC1=C2C(=CC3C4(C)CCC(C)CC4CCC34OC24)OC1=O. The lowest BCUT2D eigenvalue weighted by Crippen LogP contribution is -2.51. The minimum Gasteiger partial charge on any atom is -0.423 e. The molecule has 0 amide bonds. The van der Waals surface area contributed by atoms with Gasteiger partial charge in [0.15, 0.2) is 0 Å². The lowest BCUT2D eigenvalue weighted by Gasteiger charge is -2.54. The minimum atomic E-state index is -0.176. The van der Waals surface area contributed by atoms with E-state index in [2.05, 4.69) is 19.9 Å². The normalized spacial score (nSPS) is 52.1. The van der Waals surface area contributed by atoms with Gasteiger partial charge in [-0.1, -0.05) is 20.3 Å². The van der Waals surface area contributed by atoms with Crippen molar-refractivity contribution >= 4 is 5.97 Å². The first-order valence-corrected chi connectivity index (χ1v) is 8.79. The predicted octanol–water partition coefficient (Wildman–Crippen LogP) is 3.75. The fourth-order valence-electron chi connectivity index (χ4n) is 5.98. The van der Waals surface area contributed by atoms with Gasteiger partial charge in [0, 0.05) is 17.1 Å². The Morgan fingerprint density at radius 3 is 2.91 bits per heavy atom. The standard InChI is InChI=1S/C19H24O3/c1-10-4-6-18(3)12(8-10)5-7-19-14(18)9-13-15(16(19)22-19)11(2)17(20)21-13/h9-10,12,14,16H,4-8H2,1-3H3. The van der Waals surface area contributed by atoms with Crippen LogP contribution in [0, 0.1) is 23.2 Å². The summed E-state index contributed by atoms with van der Waals surface area (Å²) in [5.41, 5.74) is 2.09. The molecule has 3 heteroatoms. The molecule has 3 aliphatic carbocycles. The third kappa shape index (κ3) is 1.40. The van der Waals surface area contributed by atoms with Crippen LogP contribution in [0.5, 0.6) is 0 Å². The van der Waals surface area contributed by atoms with Crippen LogP contribution < -0.4 is 0 Å². The van der Waals surface area contributed by atoms with Crippen LogP contribution in [-0.4, -0.2) is 17.7 Å². The van der Waals surface area contributed by atoms with Gasteiger partial charge in [-0.2, -0.15) is 0 Å². The van der Waals surface area contributed by atoms with E-state index in [1.165, 1.54) is 25.7 Å². The number of epoxide rings is 1. The van der Waals surface area contributed by atoms with Crippen LogP contribution in [0.4, 0.5) is 0 Å². The van der Waals surface area contributed by atoms with Crippen molar-refractivity contribution in [3.63, 3.8) is 0 Å². The van der Waals surface area contributed by atoms with Crippen LogP contribution in [-0.2, 0) is 14.3 Å². The molecule has 1 spiro atoms. The number of carbonyl (C=O) groups is 1. The van der Waals surface area contributed by atoms with Gasteiger partial charge in [0.25, 0.3) is 0 Å². The highest BCUT2D eigenvalue weighted by Gasteiger charge is 2.72. The highest BCUT2D eigenvalue weighted by Crippen LogP contribution is 2.69. The van der Waals surface area contributed by atoms with E-state index in [0.29, 0.717) is 11.3 Å². The van der Waals surface area contributed by atoms with E-state index >= 15 is 0 Å². The number of hydrogen-bond acceptors (Lipinski definition) is 3. The van der Waals surface area contributed by atoms with Gasteiger partial charge in [-0.05, 0) is 55.9 Å². The molecule has 1 saturated heterocycles.